The Labute approximate surface area is 115 Å². The fourth-order valence-corrected chi connectivity index (χ4v) is 1.74. The minimum absolute atomic E-state index is 0.0600. The maximum Gasteiger partial charge on any atom is 0.340 e. The van der Waals surface area contributed by atoms with Crippen LogP contribution < -0.4 is 5.73 Å². The highest BCUT2D eigenvalue weighted by Crippen LogP contribution is 2.30. The molecule has 1 fully saturated rings. The molecule has 18 heavy (non-hydrogen) atoms. The van der Waals surface area contributed by atoms with Gasteiger partial charge >= 0.3 is 5.97 Å². The van der Waals surface area contributed by atoms with E-state index in [2.05, 4.69) is 0 Å². The molecular weight excluding hydrogens is 277 g/mol. The quantitative estimate of drug-likeness (QED) is 0.392. The summed E-state index contributed by atoms with van der Waals surface area (Å²) in [7, 11) is 0. The Bertz CT molecular complexity index is 438. The zero-order chi connectivity index (χ0) is 13.1. The zero-order valence-corrected chi connectivity index (χ0v) is 11.1. The molecule has 0 saturated heterocycles. The monoisotopic (exact) mass is 289 g/mol. The number of nitrogens with two attached hydrogens (primary N) is 1. The first-order valence-electron chi connectivity index (χ1n) is 5.57. The van der Waals surface area contributed by atoms with Crippen LogP contribution in [-0.2, 0) is 9.47 Å². The minimum atomic E-state index is -0.531. The molecule has 0 aromatic heterocycles. The molecule has 1 saturated carbocycles. The summed E-state index contributed by atoms with van der Waals surface area (Å²) in [6.07, 6.45) is 2.38. The van der Waals surface area contributed by atoms with Crippen LogP contribution in [0.4, 0.5) is 5.69 Å². The van der Waals surface area contributed by atoms with Crippen molar-refractivity contribution < 1.29 is 14.3 Å². The van der Waals surface area contributed by atoms with Gasteiger partial charge in [0.25, 0.3) is 0 Å². The normalized spacial score (nSPS) is 14.6. The van der Waals surface area contributed by atoms with Crippen LogP contribution in [0, 0.1) is 5.92 Å². The van der Waals surface area contributed by atoms with E-state index in [0.29, 0.717) is 12.5 Å². The van der Waals surface area contributed by atoms with Crippen LogP contribution in [0.3, 0.4) is 0 Å². The van der Waals surface area contributed by atoms with Gasteiger partial charge in [-0.15, -0.1) is 0 Å². The first-order chi connectivity index (χ1) is 8.58. The van der Waals surface area contributed by atoms with E-state index < -0.39 is 5.97 Å². The standard InChI is InChI=1S/C12H13Cl2NO3/c13-9-3-8(4-10(15)11(9)14)12(16)18-6-17-5-7-1-2-7/h3-4,7H,1-2,5-6,15H2. The van der Waals surface area contributed by atoms with E-state index in [4.69, 9.17) is 38.4 Å². The van der Waals surface area contributed by atoms with Crippen LogP contribution in [0.2, 0.25) is 10.0 Å². The largest absolute Gasteiger partial charge is 0.435 e. The molecule has 0 heterocycles. The summed E-state index contributed by atoms with van der Waals surface area (Å²) < 4.78 is 10.1. The summed E-state index contributed by atoms with van der Waals surface area (Å²) in [6.45, 7) is 0.576. The molecule has 0 unspecified atom stereocenters. The second-order valence-corrected chi connectivity index (χ2v) is 5.01. The van der Waals surface area contributed by atoms with Crippen molar-refractivity contribution >= 4 is 34.9 Å². The predicted molar refractivity (Wildman–Crippen MR) is 69.8 cm³/mol. The second-order valence-electron chi connectivity index (χ2n) is 4.23. The molecule has 0 radical (unpaired) electrons. The highest BCUT2D eigenvalue weighted by molar-refractivity contribution is 6.43. The molecular formula is C12H13Cl2NO3. The van der Waals surface area contributed by atoms with Gasteiger partial charge in [-0.1, -0.05) is 23.2 Å². The Hall–Kier alpha value is -0.970. The first-order valence-corrected chi connectivity index (χ1v) is 6.33. The van der Waals surface area contributed by atoms with Gasteiger partial charge in [0.1, 0.15) is 0 Å². The van der Waals surface area contributed by atoms with Gasteiger partial charge in [0, 0.05) is 0 Å². The van der Waals surface area contributed by atoms with Gasteiger partial charge in [-0.3, -0.25) is 0 Å². The summed E-state index contributed by atoms with van der Waals surface area (Å²) in [4.78, 5) is 11.7. The summed E-state index contributed by atoms with van der Waals surface area (Å²) >= 11 is 11.6. The average Bonchev–Trinajstić information content (AvgIpc) is 3.14. The van der Waals surface area contributed by atoms with Crippen molar-refractivity contribution in [3.8, 4) is 0 Å². The molecule has 1 aromatic carbocycles. The highest BCUT2D eigenvalue weighted by atomic mass is 35.5. The molecule has 98 valence electrons. The van der Waals surface area contributed by atoms with Gasteiger partial charge in [0.15, 0.2) is 6.79 Å². The van der Waals surface area contributed by atoms with E-state index in [1.54, 1.807) is 0 Å². The lowest BCUT2D eigenvalue weighted by atomic mass is 10.2. The number of hydrogen-bond acceptors (Lipinski definition) is 4. The van der Waals surface area contributed by atoms with E-state index in [-0.39, 0.29) is 28.1 Å². The molecule has 1 aliphatic rings. The lowest BCUT2D eigenvalue weighted by molar-refractivity contribution is -0.0344. The van der Waals surface area contributed by atoms with Crippen LogP contribution in [0.5, 0.6) is 0 Å². The van der Waals surface area contributed by atoms with E-state index in [1.807, 2.05) is 0 Å². The lowest BCUT2D eigenvalue weighted by Gasteiger charge is -2.07. The number of nitrogen functional groups attached to an aromatic ring is 1. The van der Waals surface area contributed by atoms with Crippen molar-refractivity contribution in [3.63, 3.8) is 0 Å². The Balaban J connectivity index is 1.87. The molecule has 1 aromatic rings. The Morgan fingerprint density at radius 1 is 1.39 bits per heavy atom. The van der Waals surface area contributed by atoms with E-state index >= 15 is 0 Å². The molecule has 2 N–H and O–H groups in total. The van der Waals surface area contributed by atoms with Crippen molar-refractivity contribution in [2.24, 2.45) is 5.92 Å². The Kier molecular flexibility index (Phi) is 4.32. The minimum Gasteiger partial charge on any atom is -0.435 e. The van der Waals surface area contributed by atoms with Gasteiger partial charge in [-0.25, -0.2) is 4.79 Å². The predicted octanol–water partition coefficient (Wildman–Crippen LogP) is 3.12. The zero-order valence-electron chi connectivity index (χ0n) is 9.62. The Morgan fingerprint density at radius 2 is 2.11 bits per heavy atom. The number of anilines is 1. The van der Waals surface area contributed by atoms with Crippen molar-refractivity contribution in [1.82, 2.24) is 0 Å². The summed E-state index contributed by atoms with van der Waals surface area (Å²) in [5, 5.41) is 0.459. The van der Waals surface area contributed by atoms with Gasteiger partial charge in [0.05, 0.1) is 27.9 Å². The molecule has 0 bridgehead atoms. The van der Waals surface area contributed by atoms with Crippen molar-refractivity contribution in [3.05, 3.63) is 27.7 Å². The maximum atomic E-state index is 11.7. The molecule has 0 aliphatic heterocycles. The number of ether oxygens (including phenoxy) is 2. The fraction of sp³-hybridized carbons (Fsp3) is 0.417. The van der Waals surface area contributed by atoms with Crippen molar-refractivity contribution in [2.75, 3.05) is 19.1 Å². The second kappa shape index (κ2) is 5.78. The highest BCUT2D eigenvalue weighted by Gasteiger charge is 2.21. The van der Waals surface area contributed by atoms with Crippen LogP contribution in [0.15, 0.2) is 12.1 Å². The van der Waals surface area contributed by atoms with Crippen molar-refractivity contribution in [2.45, 2.75) is 12.8 Å². The van der Waals surface area contributed by atoms with Gasteiger partial charge in [-0.2, -0.15) is 0 Å². The van der Waals surface area contributed by atoms with E-state index in [0.717, 1.165) is 0 Å². The topological polar surface area (TPSA) is 61.6 Å². The number of halogens is 2. The molecule has 0 spiro atoms. The Morgan fingerprint density at radius 3 is 2.72 bits per heavy atom. The summed E-state index contributed by atoms with van der Waals surface area (Å²) in [5.41, 5.74) is 6.11. The van der Waals surface area contributed by atoms with Crippen molar-refractivity contribution in [1.29, 1.82) is 0 Å². The smallest absolute Gasteiger partial charge is 0.340 e. The maximum absolute atomic E-state index is 11.7. The molecule has 1 aliphatic carbocycles. The summed E-state index contributed by atoms with van der Waals surface area (Å²) in [5.74, 6) is 0.0976. The third-order valence-corrected chi connectivity index (χ3v) is 3.43. The molecule has 4 nitrogen and oxygen atoms in total. The average molecular weight is 290 g/mol. The number of rotatable bonds is 5. The molecule has 0 atom stereocenters. The number of hydrogen-bond donors (Lipinski definition) is 1. The third kappa shape index (κ3) is 3.51. The number of carbonyl (C=O) groups is 1. The van der Waals surface area contributed by atoms with Crippen LogP contribution in [-0.4, -0.2) is 19.4 Å². The lowest BCUT2D eigenvalue weighted by Crippen LogP contribution is -2.10. The number of benzene rings is 1. The van der Waals surface area contributed by atoms with E-state index in [9.17, 15) is 4.79 Å². The van der Waals surface area contributed by atoms with Gasteiger partial charge in [-0.05, 0) is 30.9 Å². The van der Waals surface area contributed by atoms with E-state index in [1.165, 1.54) is 25.0 Å². The fourth-order valence-electron chi connectivity index (χ4n) is 1.41. The van der Waals surface area contributed by atoms with Crippen LogP contribution in [0.25, 0.3) is 0 Å². The SMILES string of the molecule is Nc1cc(C(=O)OCOCC2CC2)cc(Cl)c1Cl. The van der Waals surface area contributed by atoms with Gasteiger partial charge < -0.3 is 15.2 Å². The first kappa shape index (κ1) is 13.5. The number of carbonyl (C=O) groups excluding carboxylic acids is 1. The summed E-state index contributed by atoms with van der Waals surface area (Å²) in [6, 6.07) is 2.85. The third-order valence-electron chi connectivity index (χ3n) is 2.62. The molecule has 6 heteroatoms. The van der Waals surface area contributed by atoms with Crippen LogP contribution >= 0.6 is 23.2 Å². The number of esters is 1. The molecule has 0 amide bonds. The molecule has 2 rings (SSSR count). The van der Waals surface area contributed by atoms with Crippen LogP contribution in [0.1, 0.15) is 23.2 Å². The van der Waals surface area contributed by atoms with Gasteiger partial charge in [0.2, 0.25) is 0 Å².